The van der Waals surface area contributed by atoms with Gasteiger partial charge in [-0.05, 0) is 24.6 Å². The summed E-state index contributed by atoms with van der Waals surface area (Å²) in [4.78, 5) is 45.6. The Bertz CT molecular complexity index is 897. The summed E-state index contributed by atoms with van der Waals surface area (Å²) in [7, 11) is 0. The second kappa shape index (κ2) is 7.91. The van der Waals surface area contributed by atoms with Gasteiger partial charge in [0.25, 0.3) is 0 Å². The summed E-state index contributed by atoms with van der Waals surface area (Å²) in [5.41, 5.74) is 0.214. The maximum atomic E-state index is 12.2. The topological polar surface area (TPSA) is 134 Å². The van der Waals surface area contributed by atoms with E-state index in [9.17, 15) is 19.2 Å². The molecule has 0 aliphatic rings. The first kappa shape index (κ1) is 17.9. The van der Waals surface area contributed by atoms with Crippen molar-refractivity contribution < 1.29 is 29.0 Å². The Kier molecular flexibility index (Phi) is 5.67. The molecule has 2 rings (SSSR count). The van der Waals surface area contributed by atoms with Crippen LogP contribution < -0.4 is 10.7 Å². The van der Waals surface area contributed by atoms with Crippen molar-refractivity contribution in [1.29, 1.82) is 0 Å². The zero-order valence-electron chi connectivity index (χ0n) is 13.0. The second-order valence-corrected chi connectivity index (χ2v) is 5.18. The lowest BCUT2D eigenvalue weighted by atomic mass is 10.1. The number of rotatable bonds is 7. The molecule has 1 amide bonds. The standard InChI is InChI=1S/C17H15NO7/c19-14(18-12(17(23)24)6-8-15(20)21)7-5-10-9-25-13-4-2-1-3-11(13)16(10)22/h1-5,7,9,12H,6,8H2,(H,18,19)(H,20,21)(H,23,24)/b7-5+. The van der Waals surface area contributed by atoms with Crippen LogP contribution in [0.2, 0.25) is 0 Å². The smallest absolute Gasteiger partial charge is 0.326 e. The van der Waals surface area contributed by atoms with Gasteiger partial charge in [-0.25, -0.2) is 4.79 Å². The summed E-state index contributed by atoms with van der Waals surface area (Å²) in [6, 6.07) is 5.29. The van der Waals surface area contributed by atoms with E-state index in [1.165, 1.54) is 12.3 Å². The van der Waals surface area contributed by atoms with Crippen molar-refractivity contribution in [1.82, 2.24) is 5.32 Å². The molecule has 1 aromatic carbocycles. The minimum atomic E-state index is -1.34. The van der Waals surface area contributed by atoms with Crippen molar-refractivity contribution in [3.63, 3.8) is 0 Å². The number of carbonyl (C=O) groups excluding carboxylic acids is 1. The Balaban J connectivity index is 2.11. The molecule has 2 aromatic rings. The number of aliphatic carboxylic acids is 2. The van der Waals surface area contributed by atoms with Crippen LogP contribution in [0.15, 0.2) is 45.8 Å². The predicted molar refractivity (Wildman–Crippen MR) is 88.0 cm³/mol. The van der Waals surface area contributed by atoms with E-state index >= 15 is 0 Å². The van der Waals surface area contributed by atoms with Gasteiger partial charge in [-0.15, -0.1) is 0 Å². The minimum Gasteiger partial charge on any atom is -0.481 e. The molecule has 1 atom stereocenters. The van der Waals surface area contributed by atoms with Crippen LogP contribution in [0, 0.1) is 0 Å². The molecule has 8 heteroatoms. The molecular formula is C17H15NO7. The number of hydrogen-bond acceptors (Lipinski definition) is 5. The van der Waals surface area contributed by atoms with E-state index in [0.717, 1.165) is 6.08 Å². The fourth-order valence-corrected chi connectivity index (χ4v) is 2.12. The summed E-state index contributed by atoms with van der Waals surface area (Å²) in [6.07, 6.45) is 2.77. The van der Waals surface area contributed by atoms with Crippen LogP contribution in [0.1, 0.15) is 18.4 Å². The quantitative estimate of drug-likeness (QED) is 0.643. The SMILES string of the molecule is O=C(O)CCC(NC(=O)/C=C/c1coc2ccccc2c1=O)C(=O)O. The lowest BCUT2D eigenvalue weighted by molar-refractivity contribution is -0.142. The summed E-state index contributed by atoms with van der Waals surface area (Å²) in [5, 5.41) is 20.1. The van der Waals surface area contributed by atoms with Gasteiger partial charge in [-0.2, -0.15) is 0 Å². The molecule has 0 bridgehead atoms. The molecule has 1 unspecified atom stereocenters. The van der Waals surface area contributed by atoms with Crippen molar-refractivity contribution in [3.8, 4) is 0 Å². The molecule has 0 fully saturated rings. The number of carboxylic acids is 2. The number of nitrogens with one attached hydrogen (secondary N) is 1. The first-order valence-corrected chi connectivity index (χ1v) is 7.32. The Labute approximate surface area is 141 Å². The second-order valence-electron chi connectivity index (χ2n) is 5.18. The zero-order chi connectivity index (χ0) is 18.4. The fourth-order valence-electron chi connectivity index (χ4n) is 2.12. The number of carbonyl (C=O) groups is 3. The third kappa shape index (κ3) is 4.77. The van der Waals surface area contributed by atoms with E-state index in [1.807, 2.05) is 0 Å². The number of para-hydroxylation sites is 1. The normalized spacial score (nSPS) is 12.2. The maximum absolute atomic E-state index is 12.2. The molecule has 0 saturated carbocycles. The van der Waals surface area contributed by atoms with Crippen molar-refractivity contribution >= 4 is 34.9 Å². The Hall–Kier alpha value is -3.42. The monoisotopic (exact) mass is 345 g/mol. The molecule has 0 radical (unpaired) electrons. The van der Waals surface area contributed by atoms with Crippen molar-refractivity contribution in [2.45, 2.75) is 18.9 Å². The predicted octanol–water partition coefficient (Wildman–Crippen LogP) is 1.24. The van der Waals surface area contributed by atoms with E-state index in [4.69, 9.17) is 14.6 Å². The van der Waals surface area contributed by atoms with Gasteiger partial charge in [0.2, 0.25) is 5.91 Å². The average Bonchev–Trinajstić information content (AvgIpc) is 2.57. The highest BCUT2D eigenvalue weighted by Gasteiger charge is 2.19. The number of hydrogen-bond donors (Lipinski definition) is 3. The Morgan fingerprint density at radius 3 is 2.60 bits per heavy atom. The Morgan fingerprint density at radius 1 is 1.20 bits per heavy atom. The van der Waals surface area contributed by atoms with Gasteiger partial charge in [-0.1, -0.05) is 12.1 Å². The van der Waals surface area contributed by atoms with Crippen molar-refractivity contribution in [2.75, 3.05) is 0 Å². The molecule has 0 saturated heterocycles. The van der Waals surface area contributed by atoms with Crippen molar-refractivity contribution in [3.05, 3.63) is 52.4 Å². The third-order valence-corrected chi connectivity index (χ3v) is 3.38. The minimum absolute atomic E-state index is 0.131. The van der Waals surface area contributed by atoms with E-state index in [1.54, 1.807) is 24.3 Å². The largest absolute Gasteiger partial charge is 0.481 e. The maximum Gasteiger partial charge on any atom is 0.326 e. The molecule has 0 aliphatic carbocycles. The number of fused-ring (bicyclic) bond motifs is 1. The molecule has 3 N–H and O–H groups in total. The number of amides is 1. The lowest BCUT2D eigenvalue weighted by Gasteiger charge is -2.11. The van der Waals surface area contributed by atoms with E-state index < -0.39 is 30.3 Å². The zero-order valence-corrected chi connectivity index (χ0v) is 13.0. The molecule has 1 heterocycles. The molecule has 8 nitrogen and oxygen atoms in total. The molecule has 0 spiro atoms. The third-order valence-electron chi connectivity index (χ3n) is 3.38. The average molecular weight is 345 g/mol. The summed E-state index contributed by atoms with van der Waals surface area (Å²) < 4.78 is 5.30. The van der Waals surface area contributed by atoms with E-state index in [-0.39, 0.29) is 17.4 Å². The summed E-state index contributed by atoms with van der Waals surface area (Å²) >= 11 is 0. The molecular weight excluding hydrogens is 330 g/mol. The highest BCUT2D eigenvalue weighted by molar-refractivity contribution is 5.94. The van der Waals surface area contributed by atoms with Crippen LogP contribution in [-0.4, -0.2) is 34.1 Å². The summed E-state index contributed by atoms with van der Waals surface area (Å²) in [6.45, 7) is 0. The van der Waals surface area contributed by atoms with Crippen LogP contribution in [-0.2, 0) is 14.4 Å². The molecule has 130 valence electrons. The number of benzene rings is 1. The van der Waals surface area contributed by atoms with E-state index in [0.29, 0.717) is 11.0 Å². The van der Waals surface area contributed by atoms with Gasteiger partial charge >= 0.3 is 11.9 Å². The van der Waals surface area contributed by atoms with E-state index in [2.05, 4.69) is 5.32 Å². The van der Waals surface area contributed by atoms with Crippen LogP contribution >= 0.6 is 0 Å². The van der Waals surface area contributed by atoms with Crippen LogP contribution in [0.4, 0.5) is 0 Å². The van der Waals surface area contributed by atoms with Crippen molar-refractivity contribution in [2.24, 2.45) is 0 Å². The molecule has 1 aromatic heterocycles. The highest BCUT2D eigenvalue weighted by Crippen LogP contribution is 2.11. The first-order valence-electron chi connectivity index (χ1n) is 7.32. The fraction of sp³-hybridized carbons (Fsp3) is 0.176. The summed E-state index contributed by atoms with van der Waals surface area (Å²) in [5.74, 6) is -3.26. The van der Waals surface area contributed by atoms with Gasteiger partial charge in [0.1, 0.15) is 17.9 Å². The Morgan fingerprint density at radius 2 is 1.92 bits per heavy atom. The highest BCUT2D eigenvalue weighted by atomic mass is 16.4. The van der Waals surface area contributed by atoms with Gasteiger partial charge in [0, 0.05) is 12.5 Å². The van der Waals surface area contributed by atoms with Gasteiger partial charge < -0.3 is 19.9 Å². The van der Waals surface area contributed by atoms with Gasteiger partial charge in [0.05, 0.1) is 10.9 Å². The number of carboxylic acid groups (broad SMARTS) is 2. The molecule has 0 aliphatic heterocycles. The van der Waals surface area contributed by atoms with Crippen LogP contribution in [0.3, 0.4) is 0 Å². The van der Waals surface area contributed by atoms with Gasteiger partial charge in [-0.3, -0.25) is 14.4 Å². The van der Waals surface area contributed by atoms with Crippen LogP contribution in [0.25, 0.3) is 17.0 Å². The molecule has 25 heavy (non-hydrogen) atoms. The van der Waals surface area contributed by atoms with Gasteiger partial charge in [0.15, 0.2) is 5.43 Å². The lowest BCUT2D eigenvalue weighted by Crippen LogP contribution is -2.40. The first-order chi connectivity index (χ1) is 11.9. The van der Waals surface area contributed by atoms with Crippen LogP contribution in [0.5, 0.6) is 0 Å².